The first-order valence-corrected chi connectivity index (χ1v) is 7.36. The molecule has 1 aliphatic rings. The van der Waals surface area contributed by atoms with Crippen LogP contribution in [-0.2, 0) is 14.4 Å². The number of hydrogen-bond donors (Lipinski definition) is 2. The number of hydrogen-bond acceptors (Lipinski definition) is 3. The molecule has 1 aromatic carbocycles. The van der Waals surface area contributed by atoms with Crippen molar-refractivity contribution in [3.05, 3.63) is 35.6 Å². The monoisotopic (exact) mass is 323 g/mol. The summed E-state index contributed by atoms with van der Waals surface area (Å²) in [5.41, 5.74) is 0.680. The van der Waals surface area contributed by atoms with E-state index in [1.54, 1.807) is 0 Å². The Hall–Kier alpha value is -2.44. The molecule has 124 valence electrons. The van der Waals surface area contributed by atoms with E-state index in [-0.39, 0.29) is 38.3 Å². The van der Waals surface area contributed by atoms with E-state index in [0.717, 1.165) is 0 Å². The zero-order valence-corrected chi connectivity index (χ0v) is 12.4. The Kier molecular flexibility index (Phi) is 5.31. The topological polar surface area (TPSA) is 94.9 Å². The number of carbonyl (C=O) groups excluding carboxylic acids is 1. The minimum atomic E-state index is -1.000. The summed E-state index contributed by atoms with van der Waals surface area (Å²) in [6, 6.07) is 5.61. The standard InChI is InChI=1S/C16H18FNO5/c17-11-6-4-10(5-7-11)12-8-18(9-13(12)16(22)23)14(19)2-1-3-15(20)21/h4-7,12-13H,1-3,8-9H2,(H,20,21)(H,22,23)/t12-,13+/m0/s1. The number of benzene rings is 1. The van der Waals surface area contributed by atoms with E-state index in [9.17, 15) is 23.9 Å². The summed E-state index contributed by atoms with van der Waals surface area (Å²) in [7, 11) is 0. The number of aliphatic carboxylic acids is 2. The van der Waals surface area contributed by atoms with Gasteiger partial charge >= 0.3 is 11.9 Å². The molecule has 1 saturated heterocycles. The molecule has 7 heteroatoms. The van der Waals surface area contributed by atoms with Gasteiger partial charge in [0.15, 0.2) is 0 Å². The molecule has 0 unspecified atom stereocenters. The summed E-state index contributed by atoms with van der Waals surface area (Å²) in [4.78, 5) is 35.5. The summed E-state index contributed by atoms with van der Waals surface area (Å²) >= 11 is 0. The van der Waals surface area contributed by atoms with Crippen LogP contribution in [0.25, 0.3) is 0 Å². The highest BCUT2D eigenvalue weighted by molar-refractivity contribution is 5.80. The number of rotatable bonds is 6. The number of likely N-dealkylation sites (tertiary alicyclic amines) is 1. The van der Waals surface area contributed by atoms with Crippen molar-refractivity contribution in [3.8, 4) is 0 Å². The largest absolute Gasteiger partial charge is 0.481 e. The second-order valence-electron chi connectivity index (χ2n) is 5.65. The fourth-order valence-corrected chi connectivity index (χ4v) is 2.85. The molecule has 0 bridgehead atoms. The van der Waals surface area contributed by atoms with Crippen molar-refractivity contribution in [1.29, 1.82) is 0 Å². The van der Waals surface area contributed by atoms with Crippen LogP contribution in [-0.4, -0.2) is 46.0 Å². The smallest absolute Gasteiger partial charge is 0.308 e. The molecule has 0 aliphatic carbocycles. The Morgan fingerprint density at radius 2 is 1.74 bits per heavy atom. The number of nitrogens with zero attached hydrogens (tertiary/aromatic N) is 1. The van der Waals surface area contributed by atoms with Gasteiger partial charge in [-0.15, -0.1) is 0 Å². The minimum Gasteiger partial charge on any atom is -0.481 e. The summed E-state index contributed by atoms with van der Waals surface area (Å²) in [6.07, 6.45) is 0.210. The van der Waals surface area contributed by atoms with Crippen molar-refractivity contribution < 1.29 is 29.0 Å². The summed E-state index contributed by atoms with van der Waals surface area (Å²) in [5, 5.41) is 17.9. The Balaban J connectivity index is 2.05. The van der Waals surface area contributed by atoms with E-state index >= 15 is 0 Å². The molecular weight excluding hydrogens is 305 g/mol. The second kappa shape index (κ2) is 7.21. The van der Waals surface area contributed by atoms with Crippen LogP contribution in [0.4, 0.5) is 4.39 Å². The van der Waals surface area contributed by atoms with Crippen molar-refractivity contribution in [2.24, 2.45) is 5.92 Å². The fourth-order valence-electron chi connectivity index (χ4n) is 2.85. The average Bonchev–Trinajstić information content (AvgIpc) is 2.93. The van der Waals surface area contributed by atoms with Gasteiger partial charge < -0.3 is 15.1 Å². The molecule has 2 rings (SSSR count). The Bertz CT molecular complexity index is 601. The van der Waals surface area contributed by atoms with E-state index < -0.39 is 29.6 Å². The lowest BCUT2D eigenvalue weighted by Crippen LogP contribution is -2.29. The first kappa shape index (κ1) is 16.9. The molecule has 1 amide bonds. The van der Waals surface area contributed by atoms with Gasteiger partial charge in [-0.1, -0.05) is 12.1 Å². The van der Waals surface area contributed by atoms with Crippen LogP contribution >= 0.6 is 0 Å². The van der Waals surface area contributed by atoms with Gasteiger partial charge in [0.25, 0.3) is 0 Å². The zero-order valence-electron chi connectivity index (χ0n) is 12.4. The Morgan fingerprint density at radius 1 is 1.09 bits per heavy atom. The lowest BCUT2D eigenvalue weighted by Gasteiger charge is -2.16. The molecule has 1 fully saturated rings. The van der Waals surface area contributed by atoms with Crippen LogP contribution < -0.4 is 0 Å². The van der Waals surface area contributed by atoms with Crippen LogP contribution in [0.3, 0.4) is 0 Å². The maximum absolute atomic E-state index is 13.0. The van der Waals surface area contributed by atoms with E-state index in [0.29, 0.717) is 5.56 Å². The van der Waals surface area contributed by atoms with Crippen molar-refractivity contribution in [2.45, 2.75) is 25.2 Å². The van der Waals surface area contributed by atoms with E-state index in [4.69, 9.17) is 5.11 Å². The SMILES string of the molecule is O=C(O)CCCC(=O)N1C[C@@H](C(=O)O)[C@H](c2ccc(F)cc2)C1. The third-order valence-corrected chi connectivity index (χ3v) is 4.07. The van der Waals surface area contributed by atoms with Crippen LogP contribution in [0, 0.1) is 11.7 Å². The molecule has 0 spiro atoms. The summed E-state index contributed by atoms with van der Waals surface area (Å²) in [5.74, 6) is -3.75. The van der Waals surface area contributed by atoms with Crippen LogP contribution in [0.15, 0.2) is 24.3 Å². The maximum atomic E-state index is 13.0. The van der Waals surface area contributed by atoms with Crippen molar-refractivity contribution in [2.75, 3.05) is 13.1 Å². The zero-order chi connectivity index (χ0) is 17.0. The first-order chi connectivity index (χ1) is 10.9. The predicted molar refractivity (Wildman–Crippen MR) is 78.3 cm³/mol. The molecule has 6 nitrogen and oxygen atoms in total. The number of carboxylic acids is 2. The first-order valence-electron chi connectivity index (χ1n) is 7.36. The van der Waals surface area contributed by atoms with E-state index in [1.165, 1.54) is 29.2 Å². The predicted octanol–water partition coefficient (Wildman–Crippen LogP) is 1.71. The number of halogens is 1. The van der Waals surface area contributed by atoms with Crippen molar-refractivity contribution in [3.63, 3.8) is 0 Å². The van der Waals surface area contributed by atoms with Gasteiger partial charge in [0, 0.05) is 31.8 Å². The maximum Gasteiger partial charge on any atom is 0.308 e. The second-order valence-corrected chi connectivity index (χ2v) is 5.65. The highest BCUT2D eigenvalue weighted by Crippen LogP contribution is 2.33. The van der Waals surface area contributed by atoms with Crippen molar-refractivity contribution in [1.82, 2.24) is 4.90 Å². The Morgan fingerprint density at radius 3 is 2.30 bits per heavy atom. The molecule has 0 saturated carbocycles. The molecule has 0 aromatic heterocycles. The number of carbonyl (C=O) groups is 3. The highest BCUT2D eigenvalue weighted by atomic mass is 19.1. The van der Waals surface area contributed by atoms with Gasteiger partial charge in [0.05, 0.1) is 5.92 Å². The summed E-state index contributed by atoms with van der Waals surface area (Å²) < 4.78 is 13.0. The quantitative estimate of drug-likeness (QED) is 0.831. The molecule has 1 aromatic rings. The molecule has 2 N–H and O–H groups in total. The third-order valence-electron chi connectivity index (χ3n) is 4.07. The molecule has 1 aliphatic heterocycles. The molecule has 1 heterocycles. The van der Waals surface area contributed by atoms with Crippen LogP contribution in [0.5, 0.6) is 0 Å². The van der Waals surface area contributed by atoms with Gasteiger partial charge in [0.1, 0.15) is 5.82 Å². The number of carboxylic acid groups (broad SMARTS) is 2. The van der Waals surface area contributed by atoms with Crippen LogP contribution in [0.2, 0.25) is 0 Å². The average molecular weight is 323 g/mol. The van der Waals surface area contributed by atoms with Gasteiger partial charge in [0.2, 0.25) is 5.91 Å². The Labute approximate surface area is 132 Å². The van der Waals surface area contributed by atoms with Gasteiger partial charge in [-0.25, -0.2) is 4.39 Å². The van der Waals surface area contributed by atoms with Crippen molar-refractivity contribution >= 4 is 17.8 Å². The third kappa shape index (κ3) is 4.28. The van der Waals surface area contributed by atoms with Gasteiger partial charge in [-0.05, 0) is 24.1 Å². The van der Waals surface area contributed by atoms with E-state index in [1.807, 2.05) is 0 Å². The van der Waals surface area contributed by atoms with Gasteiger partial charge in [-0.3, -0.25) is 14.4 Å². The number of amides is 1. The fraction of sp³-hybridized carbons (Fsp3) is 0.438. The molecule has 23 heavy (non-hydrogen) atoms. The normalized spacial score (nSPS) is 20.5. The molecule has 2 atom stereocenters. The highest BCUT2D eigenvalue weighted by Gasteiger charge is 2.40. The van der Waals surface area contributed by atoms with Gasteiger partial charge in [-0.2, -0.15) is 0 Å². The summed E-state index contributed by atoms with van der Waals surface area (Å²) in [6.45, 7) is 0.331. The lowest BCUT2D eigenvalue weighted by molar-refractivity contribution is -0.142. The molecule has 0 radical (unpaired) electrons. The minimum absolute atomic E-state index is 0.0782. The molecular formula is C16H18FNO5. The van der Waals surface area contributed by atoms with Crippen LogP contribution in [0.1, 0.15) is 30.7 Å². The van der Waals surface area contributed by atoms with E-state index in [2.05, 4.69) is 0 Å². The lowest BCUT2D eigenvalue weighted by atomic mass is 9.89.